The van der Waals surface area contributed by atoms with Gasteiger partial charge in [0.1, 0.15) is 0 Å². The van der Waals surface area contributed by atoms with Crippen molar-refractivity contribution in [2.75, 3.05) is 0 Å². The molecule has 4 rings (SSSR count). The van der Waals surface area contributed by atoms with Crippen LogP contribution in [0.3, 0.4) is 0 Å². The molecule has 0 fully saturated rings. The first-order chi connectivity index (χ1) is 10.5. The van der Waals surface area contributed by atoms with Crippen LogP contribution >= 0.6 is 23.2 Å². The van der Waals surface area contributed by atoms with Crippen molar-refractivity contribution in [2.24, 2.45) is 0 Å². The molecule has 0 radical (unpaired) electrons. The van der Waals surface area contributed by atoms with Gasteiger partial charge in [0.15, 0.2) is 0 Å². The van der Waals surface area contributed by atoms with Crippen molar-refractivity contribution in [3.8, 4) is 0 Å². The molecule has 22 heavy (non-hydrogen) atoms. The van der Waals surface area contributed by atoms with E-state index >= 15 is 0 Å². The van der Waals surface area contributed by atoms with Crippen molar-refractivity contribution in [1.29, 1.82) is 0 Å². The molecule has 0 unspecified atom stereocenters. The zero-order valence-corrected chi connectivity index (χ0v) is 12.4. The number of rotatable bonds is 0. The summed E-state index contributed by atoms with van der Waals surface area (Å²) in [6.45, 7) is 0. The van der Waals surface area contributed by atoms with Crippen molar-refractivity contribution in [1.82, 2.24) is 0 Å². The molecular formula is C16H6Cl2O4. The summed E-state index contributed by atoms with van der Waals surface area (Å²) in [6, 6.07) is 9.11. The highest BCUT2D eigenvalue weighted by Gasteiger charge is 2.62. The van der Waals surface area contributed by atoms with E-state index in [1.54, 1.807) is 12.1 Å². The number of Topliss-reactive ketones (excluding diaryl/α,β-unsaturated/α-hetero) is 2. The van der Waals surface area contributed by atoms with Gasteiger partial charge < -0.3 is 4.74 Å². The summed E-state index contributed by atoms with van der Waals surface area (Å²) >= 11 is 12.0. The van der Waals surface area contributed by atoms with Gasteiger partial charge in [-0.2, -0.15) is 0 Å². The third kappa shape index (κ3) is 1.41. The van der Waals surface area contributed by atoms with Crippen LogP contribution in [0.5, 0.6) is 0 Å². The Balaban J connectivity index is 2.07. The standard InChI is InChI=1S/C16H6Cl2O4/c17-7-5-10-12(11(18)6-7)15(21)22-16(10)13(19)8-3-1-2-4-9(8)14(16)20/h1-6H. The number of fused-ring (bicyclic) bond motifs is 3. The molecule has 0 bridgehead atoms. The monoisotopic (exact) mass is 332 g/mol. The van der Waals surface area contributed by atoms with Gasteiger partial charge in [-0.25, -0.2) is 4.79 Å². The number of ether oxygens (including phenoxy) is 1. The zero-order chi connectivity index (χ0) is 15.6. The van der Waals surface area contributed by atoms with Gasteiger partial charge in [0.25, 0.3) is 5.60 Å². The fourth-order valence-corrected chi connectivity index (χ4v) is 3.57. The van der Waals surface area contributed by atoms with Crippen LogP contribution in [0, 0.1) is 0 Å². The fourth-order valence-electron chi connectivity index (χ4n) is 3.00. The molecule has 0 saturated carbocycles. The lowest BCUT2D eigenvalue weighted by Crippen LogP contribution is -2.38. The minimum absolute atomic E-state index is 0.0144. The lowest BCUT2D eigenvalue weighted by atomic mass is 9.88. The summed E-state index contributed by atoms with van der Waals surface area (Å²) in [5.74, 6) is -1.94. The molecule has 108 valence electrons. The number of hydrogen-bond donors (Lipinski definition) is 0. The Hall–Kier alpha value is -2.17. The predicted molar refractivity (Wildman–Crippen MR) is 78.7 cm³/mol. The van der Waals surface area contributed by atoms with E-state index in [1.807, 2.05) is 0 Å². The van der Waals surface area contributed by atoms with Crippen molar-refractivity contribution < 1.29 is 19.1 Å². The molecule has 0 saturated heterocycles. The van der Waals surface area contributed by atoms with Crippen LogP contribution in [-0.4, -0.2) is 17.5 Å². The molecule has 0 aromatic heterocycles. The lowest BCUT2D eigenvalue weighted by Gasteiger charge is -2.19. The molecule has 1 heterocycles. The Morgan fingerprint density at radius 2 is 1.50 bits per heavy atom. The average molecular weight is 333 g/mol. The Labute approximate surface area is 134 Å². The molecule has 6 heteroatoms. The van der Waals surface area contributed by atoms with Crippen LogP contribution in [0.4, 0.5) is 0 Å². The summed E-state index contributed by atoms with van der Waals surface area (Å²) in [6.07, 6.45) is 0. The maximum absolute atomic E-state index is 12.8. The molecule has 2 aliphatic rings. The van der Waals surface area contributed by atoms with Gasteiger partial charge in [-0.1, -0.05) is 47.5 Å². The van der Waals surface area contributed by atoms with Gasteiger partial charge in [-0.05, 0) is 12.1 Å². The van der Waals surface area contributed by atoms with Crippen molar-refractivity contribution in [3.63, 3.8) is 0 Å². The smallest absolute Gasteiger partial charge is 0.341 e. The highest BCUT2D eigenvalue weighted by molar-refractivity contribution is 6.40. The van der Waals surface area contributed by atoms with E-state index in [2.05, 4.69) is 0 Å². The summed E-state index contributed by atoms with van der Waals surface area (Å²) < 4.78 is 5.24. The van der Waals surface area contributed by atoms with Crippen LogP contribution < -0.4 is 0 Å². The van der Waals surface area contributed by atoms with E-state index in [1.165, 1.54) is 24.3 Å². The molecule has 1 aliphatic carbocycles. The van der Waals surface area contributed by atoms with Crippen LogP contribution in [-0.2, 0) is 10.3 Å². The first-order valence-corrected chi connectivity index (χ1v) is 7.14. The normalized spacial score (nSPS) is 17.6. The number of carbonyl (C=O) groups excluding carboxylic acids is 3. The largest absolute Gasteiger partial charge is 0.433 e. The van der Waals surface area contributed by atoms with E-state index in [9.17, 15) is 14.4 Å². The van der Waals surface area contributed by atoms with Crippen molar-refractivity contribution >= 4 is 40.7 Å². The minimum Gasteiger partial charge on any atom is -0.433 e. The Morgan fingerprint density at radius 1 is 0.909 bits per heavy atom. The summed E-state index contributed by atoms with van der Waals surface area (Å²) in [5.41, 5.74) is -1.42. The maximum Gasteiger partial charge on any atom is 0.341 e. The third-order valence-electron chi connectivity index (χ3n) is 3.94. The maximum atomic E-state index is 12.8. The number of carbonyl (C=O) groups is 3. The number of halogens is 2. The van der Waals surface area contributed by atoms with Crippen LogP contribution in [0.15, 0.2) is 36.4 Å². The SMILES string of the molecule is O=C1OC2(C(=O)c3ccccc3C2=O)c2cc(Cl)cc(Cl)c21. The predicted octanol–water partition coefficient (Wildman–Crippen LogP) is 3.44. The molecule has 0 amide bonds. The summed E-state index contributed by atoms with van der Waals surface area (Å²) in [4.78, 5) is 37.7. The lowest BCUT2D eigenvalue weighted by molar-refractivity contribution is 0.00586. The number of ketones is 2. The quantitative estimate of drug-likeness (QED) is 0.547. The molecule has 0 N–H and O–H groups in total. The molecule has 1 aliphatic heterocycles. The number of benzene rings is 2. The Morgan fingerprint density at radius 3 is 2.09 bits per heavy atom. The first kappa shape index (κ1) is 13.5. The van der Waals surface area contributed by atoms with Crippen LogP contribution in [0.2, 0.25) is 10.0 Å². The highest BCUT2D eigenvalue weighted by Crippen LogP contribution is 2.48. The molecule has 1 spiro atoms. The Kier molecular flexibility index (Phi) is 2.56. The molecule has 2 aromatic rings. The third-order valence-corrected chi connectivity index (χ3v) is 4.46. The second-order valence-corrected chi connectivity index (χ2v) is 5.93. The summed E-state index contributed by atoms with van der Waals surface area (Å²) in [5, 5.41) is 0.277. The van der Waals surface area contributed by atoms with E-state index in [-0.39, 0.29) is 32.3 Å². The number of esters is 1. The minimum atomic E-state index is -2.00. The summed E-state index contributed by atoms with van der Waals surface area (Å²) in [7, 11) is 0. The number of hydrogen-bond acceptors (Lipinski definition) is 4. The van der Waals surface area contributed by atoms with Gasteiger partial charge in [-0.3, -0.25) is 9.59 Å². The van der Waals surface area contributed by atoms with E-state index in [4.69, 9.17) is 27.9 Å². The van der Waals surface area contributed by atoms with E-state index in [0.717, 1.165) is 0 Å². The Bertz CT molecular complexity index is 866. The molecule has 2 aromatic carbocycles. The van der Waals surface area contributed by atoms with Gasteiger partial charge in [0, 0.05) is 21.7 Å². The second kappa shape index (κ2) is 4.18. The zero-order valence-electron chi connectivity index (χ0n) is 10.9. The van der Waals surface area contributed by atoms with Gasteiger partial charge >= 0.3 is 5.97 Å². The molecule has 4 nitrogen and oxygen atoms in total. The fraction of sp³-hybridized carbons (Fsp3) is 0.0625. The van der Waals surface area contributed by atoms with Crippen LogP contribution in [0.1, 0.15) is 36.6 Å². The molecular weight excluding hydrogens is 327 g/mol. The topological polar surface area (TPSA) is 60.4 Å². The van der Waals surface area contributed by atoms with E-state index in [0.29, 0.717) is 0 Å². The van der Waals surface area contributed by atoms with E-state index < -0.39 is 23.1 Å². The molecule has 0 atom stereocenters. The highest BCUT2D eigenvalue weighted by atomic mass is 35.5. The second-order valence-electron chi connectivity index (χ2n) is 5.08. The first-order valence-electron chi connectivity index (χ1n) is 6.38. The average Bonchev–Trinajstić information content (AvgIpc) is 2.89. The van der Waals surface area contributed by atoms with Gasteiger partial charge in [0.05, 0.1) is 10.6 Å². The van der Waals surface area contributed by atoms with Gasteiger partial charge in [0.2, 0.25) is 11.6 Å². The van der Waals surface area contributed by atoms with Crippen molar-refractivity contribution in [2.45, 2.75) is 5.60 Å². The van der Waals surface area contributed by atoms with Crippen LogP contribution in [0.25, 0.3) is 0 Å². The van der Waals surface area contributed by atoms with Crippen molar-refractivity contribution in [3.05, 3.63) is 68.7 Å². The van der Waals surface area contributed by atoms with Gasteiger partial charge in [-0.15, -0.1) is 0 Å².